The van der Waals surface area contributed by atoms with E-state index in [-0.39, 0.29) is 6.04 Å². The van der Waals surface area contributed by atoms with E-state index in [0.717, 1.165) is 22.9 Å². The van der Waals surface area contributed by atoms with Gasteiger partial charge < -0.3 is 10.4 Å². The molecular formula is C18H25NOS. The minimum Gasteiger partial charge on any atom is -0.507 e. The van der Waals surface area contributed by atoms with Crippen molar-refractivity contribution < 1.29 is 5.11 Å². The minimum absolute atomic E-state index is 0.176. The Hall–Kier alpha value is -1.19. The normalized spacial score (nSPS) is 12.7. The van der Waals surface area contributed by atoms with Gasteiger partial charge in [-0.3, -0.25) is 0 Å². The summed E-state index contributed by atoms with van der Waals surface area (Å²) in [7, 11) is 0. The van der Waals surface area contributed by atoms with Crippen LogP contribution >= 0.6 is 11.8 Å². The van der Waals surface area contributed by atoms with E-state index in [2.05, 4.69) is 24.6 Å². The molecule has 3 heteroatoms. The van der Waals surface area contributed by atoms with Crippen molar-refractivity contribution in [2.24, 2.45) is 0 Å². The van der Waals surface area contributed by atoms with Gasteiger partial charge in [0.05, 0.1) is 0 Å². The van der Waals surface area contributed by atoms with Crippen LogP contribution in [-0.2, 0) is 0 Å². The average Bonchev–Trinajstić information content (AvgIpc) is 2.51. The van der Waals surface area contributed by atoms with E-state index >= 15 is 0 Å². The third-order valence-electron chi connectivity index (χ3n) is 3.87. The summed E-state index contributed by atoms with van der Waals surface area (Å²) in [6.07, 6.45) is 5.91. The third-order valence-corrected chi connectivity index (χ3v) is 4.57. The molecule has 1 unspecified atom stereocenters. The first-order valence-electron chi connectivity index (χ1n) is 7.67. The Morgan fingerprint density at radius 2 is 1.90 bits per heavy atom. The Morgan fingerprint density at radius 1 is 1.10 bits per heavy atom. The van der Waals surface area contributed by atoms with Crippen LogP contribution in [0.1, 0.15) is 37.8 Å². The molecule has 0 aliphatic rings. The number of phenolic OH excluding ortho intramolecular Hbond substituents is 1. The van der Waals surface area contributed by atoms with Crippen molar-refractivity contribution in [1.82, 2.24) is 5.32 Å². The number of hydrogen-bond acceptors (Lipinski definition) is 3. The average molecular weight is 303 g/mol. The van der Waals surface area contributed by atoms with E-state index < -0.39 is 0 Å². The first-order chi connectivity index (χ1) is 10.2. The van der Waals surface area contributed by atoms with Gasteiger partial charge in [0.15, 0.2) is 0 Å². The van der Waals surface area contributed by atoms with Crippen LogP contribution in [0.5, 0.6) is 5.75 Å². The quantitative estimate of drug-likeness (QED) is 0.692. The molecule has 0 aliphatic carbocycles. The standard InChI is InChI=1S/C18H25NOS/c1-14(19-12-6-3-7-13-21-2)16-11-10-15-8-4-5-9-17(15)18(16)20/h4-5,8-11,14,19-20H,3,6-7,12-13H2,1-2H3. The molecule has 0 fully saturated rings. The van der Waals surface area contributed by atoms with Crippen LogP contribution in [0.2, 0.25) is 0 Å². The lowest BCUT2D eigenvalue weighted by molar-refractivity contribution is 0.456. The Morgan fingerprint density at radius 3 is 2.71 bits per heavy atom. The lowest BCUT2D eigenvalue weighted by Gasteiger charge is -2.17. The first kappa shape index (κ1) is 16.2. The Labute approximate surface area is 131 Å². The number of rotatable bonds is 8. The molecule has 0 aliphatic heterocycles. The Kier molecular flexibility index (Phi) is 6.40. The number of unbranched alkanes of at least 4 members (excludes halogenated alkanes) is 2. The zero-order valence-corrected chi connectivity index (χ0v) is 13.7. The van der Waals surface area contributed by atoms with Crippen LogP contribution in [0.25, 0.3) is 10.8 Å². The van der Waals surface area contributed by atoms with E-state index in [9.17, 15) is 5.11 Å². The highest BCUT2D eigenvalue weighted by Crippen LogP contribution is 2.32. The molecule has 2 aromatic rings. The minimum atomic E-state index is 0.176. The van der Waals surface area contributed by atoms with Gasteiger partial charge in [-0.25, -0.2) is 0 Å². The van der Waals surface area contributed by atoms with E-state index in [1.54, 1.807) is 0 Å². The third kappa shape index (κ3) is 4.39. The maximum Gasteiger partial charge on any atom is 0.128 e. The van der Waals surface area contributed by atoms with Gasteiger partial charge in [-0.05, 0) is 43.7 Å². The molecule has 1 atom stereocenters. The zero-order chi connectivity index (χ0) is 15.1. The van der Waals surface area contributed by atoms with Gasteiger partial charge >= 0.3 is 0 Å². The fourth-order valence-corrected chi connectivity index (χ4v) is 3.09. The number of hydrogen-bond donors (Lipinski definition) is 2. The van der Waals surface area contributed by atoms with Crippen molar-refractivity contribution in [2.45, 2.75) is 32.2 Å². The van der Waals surface area contributed by atoms with Crippen molar-refractivity contribution in [3.8, 4) is 5.75 Å². The topological polar surface area (TPSA) is 32.3 Å². The van der Waals surface area contributed by atoms with Gasteiger partial charge in [-0.15, -0.1) is 0 Å². The smallest absolute Gasteiger partial charge is 0.128 e. The summed E-state index contributed by atoms with van der Waals surface area (Å²) in [5.74, 6) is 1.66. The number of thioether (sulfide) groups is 1. The number of benzene rings is 2. The van der Waals surface area contributed by atoms with Crippen LogP contribution in [0, 0.1) is 0 Å². The highest BCUT2D eigenvalue weighted by molar-refractivity contribution is 7.98. The van der Waals surface area contributed by atoms with Crippen LogP contribution in [0.3, 0.4) is 0 Å². The molecule has 0 radical (unpaired) electrons. The molecule has 2 rings (SSSR count). The van der Waals surface area contributed by atoms with E-state index in [1.807, 2.05) is 42.1 Å². The summed E-state index contributed by atoms with van der Waals surface area (Å²) < 4.78 is 0. The molecule has 2 N–H and O–H groups in total. The molecule has 0 saturated carbocycles. The summed E-state index contributed by atoms with van der Waals surface area (Å²) in [6, 6.07) is 12.3. The van der Waals surface area contributed by atoms with Gasteiger partial charge in [-0.1, -0.05) is 42.8 Å². The second kappa shape index (κ2) is 8.30. The fourth-order valence-electron chi connectivity index (χ4n) is 2.60. The van der Waals surface area contributed by atoms with Crippen molar-refractivity contribution in [2.75, 3.05) is 18.6 Å². The lowest BCUT2D eigenvalue weighted by Crippen LogP contribution is -2.20. The highest BCUT2D eigenvalue weighted by Gasteiger charge is 2.12. The van der Waals surface area contributed by atoms with E-state index in [4.69, 9.17) is 0 Å². The van der Waals surface area contributed by atoms with Crippen molar-refractivity contribution in [3.05, 3.63) is 42.0 Å². The molecular weight excluding hydrogens is 278 g/mol. The Bertz CT molecular complexity index is 570. The zero-order valence-electron chi connectivity index (χ0n) is 12.9. The largest absolute Gasteiger partial charge is 0.507 e. The summed E-state index contributed by atoms with van der Waals surface area (Å²) >= 11 is 1.91. The molecule has 114 valence electrons. The molecule has 0 spiro atoms. The molecule has 0 amide bonds. The van der Waals surface area contributed by atoms with Gasteiger partial charge in [0, 0.05) is 17.0 Å². The van der Waals surface area contributed by atoms with Crippen LogP contribution in [0.4, 0.5) is 0 Å². The highest BCUT2D eigenvalue weighted by atomic mass is 32.2. The molecule has 0 saturated heterocycles. The second-order valence-corrected chi connectivity index (χ2v) is 6.44. The van der Waals surface area contributed by atoms with Gasteiger partial charge in [0.1, 0.15) is 5.75 Å². The van der Waals surface area contributed by atoms with Crippen LogP contribution in [0.15, 0.2) is 36.4 Å². The maximum absolute atomic E-state index is 10.4. The lowest BCUT2D eigenvalue weighted by atomic mass is 10.0. The van der Waals surface area contributed by atoms with Crippen molar-refractivity contribution in [3.63, 3.8) is 0 Å². The van der Waals surface area contributed by atoms with E-state index in [1.165, 1.54) is 25.0 Å². The molecule has 2 aromatic carbocycles. The predicted octanol–water partition coefficient (Wildman–Crippen LogP) is 4.73. The molecule has 21 heavy (non-hydrogen) atoms. The van der Waals surface area contributed by atoms with Gasteiger partial charge in [-0.2, -0.15) is 11.8 Å². The summed E-state index contributed by atoms with van der Waals surface area (Å²) in [4.78, 5) is 0. The number of aromatic hydroxyl groups is 1. The SMILES string of the molecule is CSCCCCCNC(C)c1ccc2ccccc2c1O. The summed E-state index contributed by atoms with van der Waals surface area (Å²) in [6.45, 7) is 3.12. The van der Waals surface area contributed by atoms with Crippen LogP contribution in [-0.4, -0.2) is 23.7 Å². The Balaban J connectivity index is 1.93. The molecule has 2 nitrogen and oxygen atoms in total. The van der Waals surface area contributed by atoms with Crippen LogP contribution < -0.4 is 5.32 Å². The monoisotopic (exact) mass is 303 g/mol. The van der Waals surface area contributed by atoms with Gasteiger partial charge in [0.2, 0.25) is 0 Å². The maximum atomic E-state index is 10.4. The molecule has 0 bridgehead atoms. The van der Waals surface area contributed by atoms with Gasteiger partial charge in [0.25, 0.3) is 0 Å². The van der Waals surface area contributed by atoms with Crippen molar-refractivity contribution in [1.29, 1.82) is 0 Å². The predicted molar refractivity (Wildman–Crippen MR) is 94.3 cm³/mol. The first-order valence-corrected chi connectivity index (χ1v) is 9.06. The van der Waals surface area contributed by atoms with Crippen molar-refractivity contribution >= 4 is 22.5 Å². The van der Waals surface area contributed by atoms with E-state index in [0.29, 0.717) is 5.75 Å². The second-order valence-electron chi connectivity index (χ2n) is 5.45. The number of nitrogens with one attached hydrogen (secondary N) is 1. The summed E-state index contributed by atoms with van der Waals surface area (Å²) in [5.41, 5.74) is 0.984. The molecule has 0 heterocycles. The molecule has 0 aromatic heterocycles. The fraction of sp³-hybridized carbons (Fsp3) is 0.444. The number of phenols is 1. The summed E-state index contributed by atoms with van der Waals surface area (Å²) in [5, 5.41) is 16.0. The number of fused-ring (bicyclic) bond motifs is 1.